The topological polar surface area (TPSA) is 72.8 Å². The summed E-state index contributed by atoms with van der Waals surface area (Å²) < 4.78 is 9.94. The van der Waals surface area contributed by atoms with Crippen LogP contribution in [0.3, 0.4) is 0 Å². The van der Waals surface area contributed by atoms with Gasteiger partial charge in [-0.05, 0) is 63.2 Å². The van der Waals surface area contributed by atoms with Crippen molar-refractivity contribution < 1.29 is 24.2 Å². The van der Waals surface area contributed by atoms with Gasteiger partial charge in [0.2, 0.25) is 6.29 Å². The molecule has 0 aromatic rings. The third-order valence-corrected chi connectivity index (χ3v) is 7.16. The maximum atomic E-state index is 12.5. The van der Waals surface area contributed by atoms with Gasteiger partial charge in [0.25, 0.3) is 0 Å². The summed E-state index contributed by atoms with van der Waals surface area (Å²) in [5, 5.41) is 9.87. The van der Waals surface area contributed by atoms with Crippen molar-refractivity contribution in [2.45, 2.75) is 72.0 Å². The Labute approximate surface area is 155 Å². The standard InChI is InChI=1S/C21H30O5/c1-13-7-8-16-15(6-5-10-21(16,3)19(24)25-4)20(13,2)11-9-14-12-17(22)26-18(14)23/h12-13,18,23H,5-11H2,1-4H3/t13-,18+,20-,21-/m1/s1. The Morgan fingerprint density at radius 1 is 1.35 bits per heavy atom. The number of carbonyl (C=O) groups excluding carboxylic acids is 2. The van der Waals surface area contributed by atoms with Gasteiger partial charge in [-0.25, -0.2) is 4.79 Å². The molecule has 5 nitrogen and oxygen atoms in total. The van der Waals surface area contributed by atoms with Crippen LogP contribution in [0.2, 0.25) is 0 Å². The molecule has 1 heterocycles. The molecule has 0 fully saturated rings. The van der Waals surface area contributed by atoms with Crippen molar-refractivity contribution in [2.75, 3.05) is 7.11 Å². The van der Waals surface area contributed by atoms with Gasteiger partial charge >= 0.3 is 11.9 Å². The van der Waals surface area contributed by atoms with Crippen molar-refractivity contribution in [3.63, 3.8) is 0 Å². The van der Waals surface area contributed by atoms with E-state index in [0.29, 0.717) is 17.9 Å². The predicted molar refractivity (Wildman–Crippen MR) is 96.9 cm³/mol. The fraction of sp³-hybridized carbons (Fsp3) is 0.714. The van der Waals surface area contributed by atoms with Gasteiger partial charge in [0.05, 0.1) is 12.5 Å². The molecule has 0 saturated carbocycles. The zero-order chi connectivity index (χ0) is 19.1. The average molecular weight is 362 g/mol. The molecule has 3 rings (SSSR count). The SMILES string of the molecule is COC(=O)[C@]1(C)CCCC2=C1CC[C@@H](C)[C@@]2(C)CCC1=CC(=O)O[C@@H]1O. The number of hydrogen-bond donors (Lipinski definition) is 1. The van der Waals surface area contributed by atoms with Gasteiger partial charge in [-0.2, -0.15) is 0 Å². The van der Waals surface area contributed by atoms with Crippen LogP contribution < -0.4 is 0 Å². The predicted octanol–water partition coefficient (Wildman–Crippen LogP) is 3.66. The largest absolute Gasteiger partial charge is 0.468 e. The van der Waals surface area contributed by atoms with Crippen molar-refractivity contribution in [3.8, 4) is 0 Å². The number of esters is 2. The lowest BCUT2D eigenvalue weighted by atomic mass is 9.55. The van der Waals surface area contributed by atoms with E-state index in [0.717, 1.165) is 38.5 Å². The molecule has 3 aliphatic rings. The van der Waals surface area contributed by atoms with E-state index in [9.17, 15) is 14.7 Å². The number of aliphatic hydroxyl groups is 1. The van der Waals surface area contributed by atoms with Crippen LogP contribution in [0, 0.1) is 16.7 Å². The molecule has 26 heavy (non-hydrogen) atoms. The molecule has 1 aliphatic heterocycles. The van der Waals surface area contributed by atoms with E-state index in [1.807, 2.05) is 6.92 Å². The second-order valence-corrected chi connectivity index (χ2v) is 8.50. The Bertz CT molecular complexity index is 676. The quantitative estimate of drug-likeness (QED) is 0.610. The molecular weight excluding hydrogens is 332 g/mol. The smallest absolute Gasteiger partial charge is 0.333 e. The lowest BCUT2D eigenvalue weighted by Crippen LogP contribution is -2.42. The van der Waals surface area contributed by atoms with Crippen molar-refractivity contribution >= 4 is 11.9 Å². The molecule has 0 radical (unpaired) electrons. The minimum atomic E-state index is -1.11. The molecule has 0 saturated heterocycles. The highest BCUT2D eigenvalue weighted by Crippen LogP contribution is 2.57. The molecule has 0 unspecified atom stereocenters. The Kier molecular flexibility index (Phi) is 5.04. The lowest BCUT2D eigenvalue weighted by molar-refractivity contribution is -0.151. The van der Waals surface area contributed by atoms with Crippen LogP contribution in [0.5, 0.6) is 0 Å². The molecule has 1 N–H and O–H groups in total. The first-order valence-electron chi connectivity index (χ1n) is 9.63. The van der Waals surface area contributed by atoms with Gasteiger partial charge in [0.1, 0.15) is 0 Å². The zero-order valence-corrected chi connectivity index (χ0v) is 16.3. The van der Waals surface area contributed by atoms with Gasteiger partial charge in [0.15, 0.2) is 0 Å². The van der Waals surface area contributed by atoms with Crippen LogP contribution in [0.1, 0.15) is 65.7 Å². The average Bonchev–Trinajstić information content (AvgIpc) is 2.93. The van der Waals surface area contributed by atoms with E-state index >= 15 is 0 Å². The minimum absolute atomic E-state index is 0.0461. The molecule has 0 amide bonds. The number of cyclic esters (lactones) is 1. The van der Waals surface area contributed by atoms with Gasteiger partial charge in [-0.1, -0.05) is 25.0 Å². The second kappa shape index (κ2) is 6.84. The van der Waals surface area contributed by atoms with Crippen LogP contribution in [-0.2, 0) is 19.1 Å². The van der Waals surface area contributed by atoms with Crippen LogP contribution in [-0.4, -0.2) is 30.4 Å². The third-order valence-electron chi connectivity index (χ3n) is 7.16. The fourth-order valence-electron chi connectivity index (χ4n) is 5.18. The molecule has 4 atom stereocenters. The monoisotopic (exact) mass is 362 g/mol. The van der Waals surface area contributed by atoms with E-state index in [2.05, 4.69) is 13.8 Å². The normalized spacial score (nSPS) is 37.1. The summed E-state index contributed by atoms with van der Waals surface area (Å²) in [5.74, 6) is -0.114. The highest BCUT2D eigenvalue weighted by molar-refractivity contribution is 5.85. The summed E-state index contributed by atoms with van der Waals surface area (Å²) in [4.78, 5) is 23.9. The van der Waals surface area contributed by atoms with Gasteiger partial charge < -0.3 is 14.6 Å². The van der Waals surface area contributed by atoms with Crippen LogP contribution in [0.4, 0.5) is 0 Å². The number of aliphatic hydroxyl groups excluding tert-OH is 1. The van der Waals surface area contributed by atoms with Crippen molar-refractivity contribution in [2.24, 2.45) is 16.7 Å². The molecular formula is C21H30O5. The number of rotatable bonds is 4. The zero-order valence-electron chi connectivity index (χ0n) is 16.3. The number of methoxy groups -OCH3 is 1. The van der Waals surface area contributed by atoms with Gasteiger partial charge in [-0.15, -0.1) is 0 Å². The van der Waals surface area contributed by atoms with E-state index in [1.54, 1.807) is 0 Å². The molecule has 0 aromatic carbocycles. The Morgan fingerprint density at radius 2 is 2.08 bits per heavy atom. The summed E-state index contributed by atoms with van der Waals surface area (Å²) in [5.41, 5.74) is 2.76. The van der Waals surface area contributed by atoms with E-state index in [4.69, 9.17) is 9.47 Å². The van der Waals surface area contributed by atoms with Crippen LogP contribution in [0.25, 0.3) is 0 Å². The number of ether oxygens (including phenoxy) is 2. The minimum Gasteiger partial charge on any atom is -0.468 e. The van der Waals surface area contributed by atoms with Crippen molar-refractivity contribution in [3.05, 3.63) is 22.8 Å². The van der Waals surface area contributed by atoms with Crippen molar-refractivity contribution in [1.82, 2.24) is 0 Å². The van der Waals surface area contributed by atoms with E-state index in [1.165, 1.54) is 24.3 Å². The second-order valence-electron chi connectivity index (χ2n) is 8.50. The molecule has 0 aromatic heterocycles. The fourth-order valence-corrected chi connectivity index (χ4v) is 5.18. The summed E-state index contributed by atoms with van der Waals surface area (Å²) >= 11 is 0. The highest BCUT2D eigenvalue weighted by Gasteiger charge is 2.49. The van der Waals surface area contributed by atoms with E-state index in [-0.39, 0.29) is 11.4 Å². The Hall–Kier alpha value is -1.62. The highest BCUT2D eigenvalue weighted by atomic mass is 16.6. The summed E-state index contributed by atoms with van der Waals surface area (Å²) in [6, 6.07) is 0. The van der Waals surface area contributed by atoms with Crippen molar-refractivity contribution in [1.29, 1.82) is 0 Å². The van der Waals surface area contributed by atoms with E-state index < -0.39 is 17.7 Å². The summed E-state index contributed by atoms with van der Waals surface area (Å²) in [6.07, 6.45) is 6.60. The van der Waals surface area contributed by atoms with Crippen LogP contribution in [0.15, 0.2) is 22.8 Å². The van der Waals surface area contributed by atoms with Gasteiger partial charge in [0, 0.05) is 11.6 Å². The first-order chi connectivity index (χ1) is 12.2. The molecule has 144 valence electrons. The summed E-state index contributed by atoms with van der Waals surface area (Å²) in [7, 11) is 1.47. The third kappa shape index (κ3) is 3.00. The summed E-state index contributed by atoms with van der Waals surface area (Å²) in [6.45, 7) is 6.58. The lowest BCUT2D eigenvalue weighted by Gasteiger charge is -2.49. The van der Waals surface area contributed by atoms with Gasteiger partial charge in [-0.3, -0.25) is 4.79 Å². The number of hydrogen-bond acceptors (Lipinski definition) is 5. The number of carbonyl (C=O) groups is 2. The maximum Gasteiger partial charge on any atom is 0.333 e. The Balaban J connectivity index is 1.92. The first kappa shape index (κ1) is 19.2. The Morgan fingerprint density at radius 3 is 2.69 bits per heavy atom. The molecule has 0 spiro atoms. The maximum absolute atomic E-state index is 12.5. The molecule has 5 heteroatoms. The first-order valence-corrected chi connectivity index (χ1v) is 9.63. The molecule has 2 aliphatic carbocycles. The number of allylic oxidation sites excluding steroid dienone is 1. The molecule has 0 bridgehead atoms. The van der Waals surface area contributed by atoms with Crippen LogP contribution >= 0.6 is 0 Å².